The number of hydrogen-bond acceptors (Lipinski definition) is 5. The standard InChI is InChI=1S/C27H20FN3O3S/c1-2-34-27(33)23-16-24(31(30-23)22-9-7-20(28)8-10-22)17-4-3-5-21(15-17)29-26(32)19-6-11-25-18(14-19)12-13-35-25/h3-16H,2H2,1H3,(H,29,32). The lowest BCUT2D eigenvalue weighted by atomic mass is 10.1. The topological polar surface area (TPSA) is 73.2 Å². The van der Waals surface area contributed by atoms with Gasteiger partial charge in [-0.2, -0.15) is 5.10 Å². The van der Waals surface area contributed by atoms with Crippen molar-refractivity contribution < 1.29 is 18.7 Å². The summed E-state index contributed by atoms with van der Waals surface area (Å²) in [5.74, 6) is -1.16. The third-order valence-corrected chi connectivity index (χ3v) is 6.29. The molecule has 0 radical (unpaired) electrons. The van der Waals surface area contributed by atoms with Crippen LogP contribution < -0.4 is 5.32 Å². The average molecular weight is 486 g/mol. The Bertz CT molecular complexity index is 1540. The summed E-state index contributed by atoms with van der Waals surface area (Å²) in [6.45, 7) is 1.94. The van der Waals surface area contributed by atoms with Gasteiger partial charge in [0.2, 0.25) is 0 Å². The third-order valence-electron chi connectivity index (χ3n) is 5.40. The maximum Gasteiger partial charge on any atom is 0.358 e. The van der Waals surface area contributed by atoms with Gasteiger partial charge in [0.05, 0.1) is 18.0 Å². The Morgan fingerprint density at radius 2 is 1.86 bits per heavy atom. The summed E-state index contributed by atoms with van der Waals surface area (Å²) in [6.07, 6.45) is 0. The van der Waals surface area contributed by atoms with Crippen LogP contribution in [0.15, 0.2) is 84.2 Å². The van der Waals surface area contributed by atoms with E-state index in [0.717, 1.165) is 10.1 Å². The molecule has 1 N–H and O–H groups in total. The Morgan fingerprint density at radius 3 is 2.66 bits per heavy atom. The SMILES string of the molecule is CCOC(=O)c1cc(-c2cccc(NC(=O)c3ccc4sccc4c3)c2)n(-c2ccc(F)cc2)n1. The number of thiophene rings is 1. The van der Waals surface area contributed by atoms with Crippen LogP contribution in [0.1, 0.15) is 27.8 Å². The molecule has 0 aliphatic rings. The zero-order valence-corrected chi connectivity index (χ0v) is 19.5. The fourth-order valence-corrected chi connectivity index (χ4v) is 4.51. The van der Waals surface area contributed by atoms with Gasteiger partial charge in [0.1, 0.15) is 5.82 Å². The molecule has 0 bridgehead atoms. The number of carbonyl (C=O) groups is 2. The van der Waals surface area contributed by atoms with Gasteiger partial charge >= 0.3 is 5.97 Å². The van der Waals surface area contributed by atoms with E-state index in [1.54, 1.807) is 65.4 Å². The Hall–Kier alpha value is -4.30. The van der Waals surface area contributed by atoms with E-state index in [1.807, 2.05) is 29.6 Å². The predicted octanol–water partition coefficient (Wildman–Crippen LogP) is 6.32. The summed E-state index contributed by atoms with van der Waals surface area (Å²) >= 11 is 1.62. The van der Waals surface area contributed by atoms with Gasteiger partial charge in [-0.3, -0.25) is 4.79 Å². The monoisotopic (exact) mass is 485 g/mol. The molecule has 5 rings (SSSR count). The summed E-state index contributed by atoms with van der Waals surface area (Å²) < 4.78 is 21.3. The van der Waals surface area contributed by atoms with Crippen LogP contribution in [-0.4, -0.2) is 28.3 Å². The van der Waals surface area contributed by atoms with Gasteiger partial charge in [0, 0.05) is 21.5 Å². The number of carbonyl (C=O) groups excluding carboxylic acids is 2. The van der Waals surface area contributed by atoms with Crippen LogP contribution in [0.3, 0.4) is 0 Å². The van der Waals surface area contributed by atoms with E-state index in [-0.39, 0.29) is 24.0 Å². The number of nitrogens with one attached hydrogen (secondary N) is 1. The van der Waals surface area contributed by atoms with E-state index in [4.69, 9.17) is 4.74 Å². The normalized spacial score (nSPS) is 10.9. The Morgan fingerprint density at radius 1 is 1.03 bits per heavy atom. The smallest absolute Gasteiger partial charge is 0.358 e. The number of hydrogen-bond donors (Lipinski definition) is 1. The van der Waals surface area contributed by atoms with Crippen molar-refractivity contribution in [2.75, 3.05) is 11.9 Å². The van der Waals surface area contributed by atoms with Crippen molar-refractivity contribution in [3.8, 4) is 16.9 Å². The predicted molar refractivity (Wildman–Crippen MR) is 135 cm³/mol. The third kappa shape index (κ3) is 4.69. The molecular formula is C27H20FN3O3S. The fraction of sp³-hybridized carbons (Fsp3) is 0.0741. The minimum Gasteiger partial charge on any atom is -0.461 e. The van der Waals surface area contributed by atoms with Crippen LogP contribution in [0.25, 0.3) is 27.0 Å². The molecule has 0 aliphatic carbocycles. The van der Waals surface area contributed by atoms with E-state index in [1.165, 1.54) is 12.1 Å². The molecule has 2 aromatic heterocycles. The van der Waals surface area contributed by atoms with Crippen molar-refractivity contribution in [3.63, 3.8) is 0 Å². The lowest BCUT2D eigenvalue weighted by molar-refractivity contribution is 0.0519. The minimum absolute atomic E-state index is 0.129. The van der Waals surface area contributed by atoms with Crippen LogP contribution in [0.2, 0.25) is 0 Å². The molecular weight excluding hydrogens is 465 g/mol. The number of esters is 1. The molecule has 0 unspecified atom stereocenters. The van der Waals surface area contributed by atoms with E-state index in [0.29, 0.717) is 28.2 Å². The zero-order valence-electron chi connectivity index (χ0n) is 18.7. The maximum atomic E-state index is 13.5. The number of aromatic nitrogens is 2. The second-order valence-electron chi connectivity index (χ2n) is 7.73. The summed E-state index contributed by atoms with van der Waals surface area (Å²) in [5.41, 5.74) is 3.16. The number of amides is 1. The number of nitrogens with zero attached hydrogens (tertiary/aromatic N) is 2. The molecule has 35 heavy (non-hydrogen) atoms. The highest BCUT2D eigenvalue weighted by atomic mass is 32.1. The van der Waals surface area contributed by atoms with Gasteiger partial charge in [-0.05, 0) is 84.4 Å². The number of anilines is 1. The highest BCUT2D eigenvalue weighted by Crippen LogP contribution is 2.28. The maximum absolute atomic E-state index is 13.5. The summed E-state index contributed by atoms with van der Waals surface area (Å²) in [4.78, 5) is 25.2. The van der Waals surface area contributed by atoms with Gasteiger partial charge in [-0.25, -0.2) is 13.9 Å². The molecule has 0 saturated heterocycles. The first-order valence-electron chi connectivity index (χ1n) is 10.9. The van der Waals surface area contributed by atoms with Crippen LogP contribution in [0, 0.1) is 5.82 Å². The summed E-state index contributed by atoms with van der Waals surface area (Å²) in [7, 11) is 0. The van der Waals surface area contributed by atoms with Crippen LogP contribution >= 0.6 is 11.3 Å². The van der Waals surface area contributed by atoms with Crippen molar-refractivity contribution in [2.24, 2.45) is 0 Å². The molecule has 0 aliphatic heterocycles. The minimum atomic E-state index is -0.553. The van der Waals surface area contributed by atoms with Crippen molar-refractivity contribution in [3.05, 3.63) is 101 Å². The van der Waals surface area contributed by atoms with E-state index in [9.17, 15) is 14.0 Å². The van der Waals surface area contributed by atoms with Gasteiger partial charge < -0.3 is 10.1 Å². The molecule has 3 aromatic carbocycles. The molecule has 1 amide bonds. The Kier molecular flexibility index (Phi) is 6.12. The zero-order chi connectivity index (χ0) is 24.4. The molecule has 2 heterocycles. The largest absolute Gasteiger partial charge is 0.461 e. The number of rotatable bonds is 6. The molecule has 0 atom stereocenters. The van der Waals surface area contributed by atoms with Crippen molar-refractivity contribution in [2.45, 2.75) is 6.92 Å². The van der Waals surface area contributed by atoms with Gasteiger partial charge in [-0.1, -0.05) is 12.1 Å². The van der Waals surface area contributed by atoms with Gasteiger partial charge in [0.25, 0.3) is 5.91 Å². The lowest BCUT2D eigenvalue weighted by Gasteiger charge is -2.10. The second kappa shape index (κ2) is 9.52. The summed E-state index contributed by atoms with van der Waals surface area (Å²) in [5, 5.41) is 10.3. The van der Waals surface area contributed by atoms with E-state index >= 15 is 0 Å². The molecule has 0 spiro atoms. The number of fused-ring (bicyclic) bond motifs is 1. The van der Waals surface area contributed by atoms with Gasteiger partial charge in [-0.15, -0.1) is 11.3 Å². The van der Waals surface area contributed by atoms with Crippen molar-refractivity contribution in [1.29, 1.82) is 0 Å². The molecule has 5 aromatic rings. The highest BCUT2D eigenvalue weighted by Gasteiger charge is 2.18. The lowest BCUT2D eigenvalue weighted by Crippen LogP contribution is -2.11. The average Bonchev–Trinajstić information content (AvgIpc) is 3.52. The van der Waals surface area contributed by atoms with E-state index < -0.39 is 5.97 Å². The number of halogens is 1. The number of benzene rings is 3. The Balaban J connectivity index is 1.49. The van der Waals surface area contributed by atoms with E-state index in [2.05, 4.69) is 10.4 Å². The van der Waals surface area contributed by atoms with Gasteiger partial charge in [0.15, 0.2) is 5.69 Å². The summed E-state index contributed by atoms with van der Waals surface area (Å²) in [6, 6.07) is 22.2. The Labute approximate surface area is 204 Å². The van der Waals surface area contributed by atoms with Crippen molar-refractivity contribution in [1.82, 2.24) is 9.78 Å². The molecule has 0 fully saturated rings. The first-order valence-corrected chi connectivity index (χ1v) is 11.8. The number of ether oxygens (including phenoxy) is 1. The fourth-order valence-electron chi connectivity index (χ4n) is 3.74. The first kappa shape index (κ1) is 22.5. The van der Waals surface area contributed by atoms with Crippen LogP contribution in [0.4, 0.5) is 10.1 Å². The molecule has 174 valence electrons. The van der Waals surface area contributed by atoms with Crippen molar-refractivity contribution >= 4 is 39.0 Å². The first-order chi connectivity index (χ1) is 17.0. The molecule has 0 saturated carbocycles. The van der Waals surface area contributed by atoms with Crippen LogP contribution in [-0.2, 0) is 4.74 Å². The van der Waals surface area contributed by atoms with Crippen LogP contribution in [0.5, 0.6) is 0 Å². The molecule has 8 heteroatoms. The molecule has 6 nitrogen and oxygen atoms in total. The highest BCUT2D eigenvalue weighted by molar-refractivity contribution is 7.17. The second-order valence-corrected chi connectivity index (χ2v) is 8.68. The quantitative estimate of drug-likeness (QED) is 0.286.